The molecule has 1 saturated heterocycles. The molecule has 0 radical (unpaired) electrons. The van der Waals surface area contributed by atoms with E-state index in [4.69, 9.17) is 0 Å². The van der Waals surface area contributed by atoms with Gasteiger partial charge in [-0.25, -0.2) is 0 Å². The topological polar surface area (TPSA) is 95.6 Å². The zero-order valence-corrected chi connectivity index (χ0v) is 17.7. The molecule has 2 heterocycles. The minimum Gasteiger partial charge on any atom is -0.345 e. The van der Waals surface area contributed by atoms with Crippen LogP contribution in [0.4, 0.5) is 0 Å². The van der Waals surface area contributed by atoms with Gasteiger partial charge in [0, 0.05) is 24.1 Å². The lowest BCUT2D eigenvalue weighted by atomic mass is 9.77. The maximum Gasteiger partial charge on any atom is 0.255 e. The van der Waals surface area contributed by atoms with E-state index in [1.807, 2.05) is 30.3 Å². The van der Waals surface area contributed by atoms with Gasteiger partial charge >= 0.3 is 0 Å². The molecule has 2 atom stereocenters. The van der Waals surface area contributed by atoms with E-state index >= 15 is 0 Å². The minimum atomic E-state index is -0.661. The molecule has 5 rings (SSSR count). The summed E-state index contributed by atoms with van der Waals surface area (Å²) in [5, 5.41) is 5.51. The Morgan fingerprint density at radius 1 is 1.03 bits per heavy atom. The number of rotatable bonds is 5. The van der Waals surface area contributed by atoms with E-state index < -0.39 is 11.9 Å². The zero-order chi connectivity index (χ0) is 22.2. The lowest BCUT2D eigenvalue weighted by Crippen LogP contribution is -2.52. The predicted molar refractivity (Wildman–Crippen MR) is 116 cm³/mol. The fourth-order valence-corrected chi connectivity index (χ4v) is 4.85. The number of nitrogens with one attached hydrogen (secondary N) is 2. The highest BCUT2D eigenvalue weighted by Crippen LogP contribution is 2.38. The van der Waals surface area contributed by atoms with Crippen molar-refractivity contribution in [2.45, 2.75) is 50.7 Å². The van der Waals surface area contributed by atoms with Crippen molar-refractivity contribution in [3.63, 3.8) is 0 Å². The summed E-state index contributed by atoms with van der Waals surface area (Å²) in [5.41, 5.74) is 2.84. The van der Waals surface area contributed by atoms with E-state index in [0.29, 0.717) is 23.5 Å². The highest BCUT2D eigenvalue weighted by Gasteiger charge is 2.39. The zero-order valence-electron chi connectivity index (χ0n) is 17.7. The van der Waals surface area contributed by atoms with Crippen LogP contribution in [0.2, 0.25) is 0 Å². The quantitative estimate of drug-likeness (QED) is 0.712. The second kappa shape index (κ2) is 8.22. The Balaban J connectivity index is 1.34. The molecular weight excluding hydrogens is 406 g/mol. The van der Waals surface area contributed by atoms with E-state index in [2.05, 4.69) is 10.6 Å². The Bertz CT molecular complexity index is 1090. The fraction of sp³-hybridized carbons (Fsp3) is 0.360. The van der Waals surface area contributed by atoms with Gasteiger partial charge in [0.1, 0.15) is 6.04 Å². The summed E-state index contributed by atoms with van der Waals surface area (Å²) in [5.74, 6) is -0.723. The van der Waals surface area contributed by atoms with Gasteiger partial charge in [-0.1, -0.05) is 36.8 Å². The number of nitrogens with zero attached hydrogens (tertiary/aromatic N) is 1. The van der Waals surface area contributed by atoms with Crippen molar-refractivity contribution in [3.05, 3.63) is 70.8 Å². The molecule has 2 aromatic carbocycles. The van der Waals surface area contributed by atoms with Crippen molar-refractivity contribution in [3.8, 4) is 0 Å². The first-order valence-electron chi connectivity index (χ1n) is 11.1. The fourth-order valence-electron chi connectivity index (χ4n) is 4.85. The molecule has 0 spiro atoms. The number of carbonyl (C=O) groups excluding carboxylic acids is 4. The standard InChI is InChI=1S/C25H25N3O4/c29-21-12-11-20(24(31)26-21)28-14-18-13-17(9-10-19(18)25(28)32)23(30)27-22(16-7-4-8-16)15-5-2-1-3-6-15/h1-3,5-6,9-10,13,16,20,22H,4,7-8,11-12,14H2,(H,27,30)(H,26,29,31)/t20?,22-/m0/s1. The lowest BCUT2D eigenvalue weighted by Gasteiger charge is -2.34. The Morgan fingerprint density at radius 2 is 1.81 bits per heavy atom. The molecule has 2 aromatic rings. The third-order valence-electron chi connectivity index (χ3n) is 6.85. The monoisotopic (exact) mass is 431 g/mol. The van der Waals surface area contributed by atoms with Gasteiger partial charge in [0.2, 0.25) is 11.8 Å². The maximum absolute atomic E-state index is 13.1. The van der Waals surface area contributed by atoms with Gasteiger partial charge in [0.25, 0.3) is 11.8 Å². The Labute approximate surface area is 186 Å². The number of hydrogen-bond acceptors (Lipinski definition) is 4. The number of fused-ring (bicyclic) bond motifs is 1. The van der Waals surface area contributed by atoms with Crippen LogP contribution in [-0.4, -0.2) is 34.6 Å². The average molecular weight is 431 g/mol. The van der Waals surface area contributed by atoms with Crippen molar-refractivity contribution in [2.24, 2.45) is 5.92 Å². The first-order valence-corrected chi connectivity index (χ1v) is 11.1. The molecule has 164 valence electrons. The van der Waals surface area contributed by atoms with Crippen molar-refractivity contribution in [1.82, 2.24) is 15.5 Å². The van der Waals surface area contributed by atoms with Crippen LogP contribution in [0.3, 0.4) is 0 Å². The van der Waals surface area contributed by atoms with Gasteiger partial charge < -0.3 is 10.2 Å². The smallest absolute Gasteiger partial charge is 0.255 e. The van der Waals surface area contributed by atoms with Gasteiger partial charge in [-0.2, -0.15) is 0 Å². The molecule has 2 N–H and O–H groups in total. The third kappa shape index (κ3) is 3.68. The van der Waals surface area contributed by atoms with Gasteiger partial charge in [0.05, 0.1) is 6.04 Å². The molecule has 4 amide bonds. The van der Waals surface area contributed by atoms with Crippen LogP contribution in [0.1, 0.15) is 70.0 Å². The second-order valence-corrected chi connectivity index (χ2v) is 8.82. The highest BCUT2D eigenvalue weighted by atomic mass is 16.2. The lowest BCUT2D eigenvalue weighted by molar-refractivity contribution is -0.136. The molecule has 1 unspecified atom stereocenters. The molecule has 7 nitrogen and oxygen atoms in total. The van der Waals surface area contributed by atoms with E-state index in [0.717, 1.165) is 24.0 Å². The Kier molecular flexibility index (Phi) is 5.25. The van der Waals surface area contributed by atoms with Crippen LogP contribution in [-0.2, 0) is 16.1 Å². The van der Waals surface area contributed by atoms with E-state index in [-0.39, 0.29) is 36.7 Å². The van der Waals surface area contributed by atoms with Gasteiger partial charge in [-0.05, 0) is 54.5 Å². The summed E-state index contributed by atoms with van der Waals surface area (Å²) < 4.78 is 0. The van der Waals surface area contributed by atoms with E-state index in [1.165, 1.54) is 11.3 Å². The largest absolute Gasteiger partial charge is 0.345 e. The number of imide groups is 1. The summed E-state index contributed by atoms with van der Waals surface area (Å²) in [6.07, 6.45) is 3.91. The van der Waals surface area contributed by atoms with Gasteiger partial charge in [0.15, 0.2) is 0 Å². The second-order valence-electron chi connectivity index (χ2n) is 8.82. The molecule has 32 heavy (non-hydrogen) atoms. The first-order chi connectivity index (χ1) is 15.5. The third-order valence-corrected chi connectivity index (χ3v) is 6.85. The SMILES string of the molecule is O=C1CCC(N2Cc3cc(C(=O)N[C@@H](c4ccccc4)C4CCC4)ccc3C2=O)C(=O)N1. The highest BCUT2D eigenvalue weighted by molar-refractivity contribution is 6.06. The summed E-state index contributed by atoms with van der Waals surface area (Å²) in [4.78, 5) is 51.1. The van der Waals surface area contributed by atoms with Crippen LogP contribution >= 0.6 is 0 Å². The molecule has 0 aromatic heterocycles. The molecule has 3 aliphatic rings. The molecule has 0 bridgehead atoms. The van der Waals surface area contributed by atoms with Crippen LogP contribution < -0.4 is 10.6 Å². The van der Waals surface area contributed by atoms with Crippen molar-refractivity contribution in [1.29, 1.82) is 0 Å². The first kappa shape index (κ1) is 20.4. The number of hydrogen-bond donors (Lipinski definition) is 2. The van der Waals surface area contributed by atoms with Gasteiger partial charge in [-0.15, -0.1) is 0 Å². The molecular formula is C25H25N3O4. The molecule has 2 fully saturated rings. The summed E-state index contributed by atoms with van der Waals surface area (Å²) >= 11 is 0. The maximum atomic E-state index is 13.1. The minimum absolute atomic E-state index is 0.0349. The molecule has 1 aliphatic carbocycles. The van der Waals surface area contributed by atoms with E-state index in [9.17, 15) is 19.2 Å². The van der Waals surface area contributed by atoms with Crippen LogP contribution in [0.25, 0.3) is 0 Å². The van der Waals surface area contributed by atoms with Crippen molar-refractivity contribution in [2.75, 3.05) is 0 Å². The van der Waals surface area contributed by atoms with Crippen LogP contribution in [0.5, 0.6) is 0 Å². The van der Waals surface area contributed by atoms with Gasteiger partial charge in [-0.3, -0.25) is 24.5 Å². The predicted octanol–water partition coefficient (Wildman–Crippen LogP) is 2.72. The summed E-state index contributed by atoms with van der Waals surface area (Å²) in [6, 6.07) is 14.4. The molecule has 2 aliphatic heterocycles. The molecule has 7 heteroatoms. The molecule has 1 saturated carbocycles. The normalized spacial score (nSPS) is 21.6. The number of carbonyl (C=O) groups is 4. The van der Waals surface area contributed by atoms with Crippen LogP contribution in [0, 0.1) is 5.92 Å². The Morgan fingerprint density at radius 3 is 2.50 bits per heavy atom. The number of amides is 4. The number of benzene rings is 2. The Hall–Kier alpha value is -3.48. The summed E-state index contributed by atoms with van der Waals surface area (Å²) in [7, 11) is 0. The van der Waals surface area contributed by atoms with Crippen molar-refractivity contribution >= 4 is 23.6 Å². The summed E-state index contributed by atoms with van der Waals surface area (Å²) in [6.45, 7) is 0.256. The number of piperidine rings is 1. The van der Waals surface area contributed by atoms with E-state index in [1.54, 1.807) is 18.2 Å². The van der Waals surface area contributed by atoms with Crippen molar-refractivity contribution < 1.29 is 19.2 Å². The van der Waals surface area contributed by atoms with Crippen LogP contribution in [0.15, 0.2) is 48.5 Å². The average Bonchev–Trinajstić information content (AvgIpc) is 3.08.